The molecule has 1 aliphatic carbocycles. The summed E-state index contributed by atoms with van der Waals surface area (Å²) in [5.41, 5.74) is 7.59. The van der Waals surface area contributed by atoms with Gasteiger partial charge in [-0.25, -0.2) is 0 Å². The highest BCUT2D eigenvalue weighted by molar-refractivity contribution is 5.44. The Kier molecular flexibility index (Phi) is 2.19. The van der Waals surface area contributed by atoms with Crippen LogP contribution in [0.25, 0.3) is 0 Å². The number of aliphatic hydroxyl groups is 1. The Bertz CT molecular complexity index is 334. The molecule has 1 saturated carbocycles. The standard InChI is InChI=1S/C11H16N2O/c1-11(3-4-11)10(14)6-8-7-13-5-2-9(8)12/h2,5,7,10,14H,3-4,6H2,1H3,(H2,12,13). The normalized spacial score (nSPS) is 20.4. The molecule has 1 atom stereocenters. The van der Waals surface area contributed by atoms with Gasteiger partial charge in [0.15, 0.2) is 0 Å². The molecule has 76 valence electrons. The van der Waals surface area contributed by atoms with E-state index in [1.54, 1.807) is 18.5 Å². The second-order valence-electron chi connectivity index (χ2n) is 4.45. The van der Waals surface area contributed by atoms with Crippen LogP contribution in [-0.2, 0) is 6.42 Å². The lowest BCUT2D eigenvalue weighted by Gasteiger charge is -2.17. The first-order valence-electron chi connectivity index (χ1n) is 4.98. The SMILES string of the molecule is CC1(C(O)Cc2cnccc2N)CC1. The molecule has 14 heavy (non-hydrogen) atoms. The molecule has 1 heterocycles. The van der Waals surface area contributed by atoms with E-state index in [4.69, 9.17) is 5.73 Å². The fourth-order valence-corrected chi connectivity index (χ4v) is 1.59. The first-order valence-corrected chi connectivity index (χ1v) is 4.98. The molecule has 0 bridgehead atoms. The lowest BCUT2D eigenvalue weighted by Crippen LogP contribution is -2.22. The van der Waals surface area contributed by atoms with Gasteiger partial charge in [0.1, 0.15) is 0 Å². The Hall–Kier alpha value is -1.09. The van der Waals surface area contributed by atoms with Gasteiger partial charge in [0.25, 0.3) is 0 Å². The molecule has 0 spiro atoms. The fourth-order valence-electron chi connectivity index (χ4n) is 1.59. The minimum atomic E-state index is -0.283. The molecule has 0 radical (unpaired) electrons. The number of pyridine rings is 1. The molecule has 1 unspecified atom stereocenters. The predicted octanol–water partition coefficient (Wildman–Crippen LogP) is 1.37. The number of rotatable bonds is 3. The molecule has 3 heteroatoms. The van der Waals surface area contributed by atoms with E-state index < -0.39 is 0 Å². The van der Waals surface area contributed by atoms with Gasteiger partial charge in [-0.05, 0) is 29.9 Å². The zero-order valence-corrected chi connectivity index (χ0v) is 8.40. The smallest absolute Gasteiger partial charge is 0.0635 e. The van der Waals surface area contributed by atoms with Crippen molar-refractivity contribution >= 4 is 5.69 Å². The number of hydrogen-bond acceptors (Lipinski definition) is 3. The third-order valence-electron chi connectivity index (χ3n) is 3.20. The van der Waals surface area contributed by atoms with Crippen molar-refractivity contribution in [3.05, 3.63) is 24.0 Å². The van der Waals surface area contributed by atoms with Crippen molar-refractivity contribution in [2.24, 2.45) is 5.41 Å². The average molecular weight is 192 g/mol. The van der Waals surface area contributed by atoms with Crippen molar-refractivity contribution in [1.29, 1.82) is 0 Å². The van der Waals surface area contributed by atoms with Gasteiger partial charge in [-0.15, -0.1) is 0 Å². The van der Waals surface area contributed by atoms with Crippen LogP contribution in [0.15, 0.2) is 18.5 Å². The van der Waals surface area contributed by atoms with Crippen molar-refractivity contribution < 1.29 is 5.11 Å². The first-order chi connectivity index (χ1) is 6.62. The van der Waals surface area contributed by atoms with E-state index >= 15 is 0 Å². The highest BCUT2D eigenvalue weighted by Crippen LogP contribution is 2.49. The van der Waals surface area contributed by atoms with Gasteiger partial charge in [0, 0.05) is 24.5 Å². The van der Waals surface area contributed by atoms with E-state index in [1.165, 1.54) is 0 Å². The second-order valence-corrected chi connectivity index (χ2v) is 4.45. The summed E-state index contributed by atoms with van der Waals surface area (Å²) in [6.45, 7) is 2.12. The van der Waals surface area contributed by atoms with E-state index in [-0.39, 0.29) is 11.5 Å². The van der Waals surface area contributed by atoms with E-state index in [0.717, 1.165) is 24.1 Å². The van der Waals surface area contributed by atoms with E-state index in [2.05, 4.69) is 11.9 Å². The number of anilines is 1. The molecule has 3 N–H and O–H groups in total. The molecule has 1 aliphatic rings. The van der Waals surface area contributed by atoms with Crippen molar-refractivity contribution in [2.45, 2.75) is 32.3 Å². The molecular weight excluding hydrogens is 176 g/mol. The Morgan fingerprint density at radius 3 is 2.93 bits per heavy atom. The van der Waals surface area contributed by atoms with Crippen molar-refractivity contribution in [2.75, 3.05) is 5.73 Å². The van der Waals surface area contributed by atoms with Gasteiger partial charge >= 0.3 is 0 Å². The van der Waals surface area contributed by atoms with Crippen LogP contribution in [0.2, 0.25) is 0 Å². The maximum absolute atomic E-state index is 9.94. The number of aliphatic hydroxyl groups excluding tert-OH is 1. The highest BCUT2D eigenvalue weighted by atomic mass is 16.3. The summed E-state index contributed by atoms with van der Waals surface area (Å²) < 4.78 is 0. The van der Waals surface area contributed by atoms with Gasteiger partial charge in [-0.1, -0.05) is 6.92 Å². The molecule has 1 fully saturated rings. The summed E-state index contributed by atoms with van der Waals surface area (Å²) in [7, 11) is 0. The number of nitrogens with two attached hydrogens (primary N) is 1. The zero-order chi connectivity index (χ0) is 10.2. The molecular formula is C11H16N2O. The Morgan fingerprint density at radius 1 is 1.64 bits per heavy atom. The number of aromatic nitrogens is 1. The lowest BCUT2D eigenvalue weighted by molar-refractivity contribution is 0.103. The fraction of sp³-hybridized carbons (Fsp3) is 0.545. The molecule has 0 saturated heterocycles. The minimum absolute atomic E-state index is 0.127. The van der Waals surface area contributed by atoms with Gasteiger partial charge in [-0.3, -0.25) is 4.98 Å². The van der Waals surface area contributed by atoms with E-state index in [9.17, 15) is 5.11 Å². The largest absolute Gasteiger partial charge is 0.398 e. The van der Waals surface area contributed by atoms with Crippen molar-refractivity contribution in [3.8, 4) is 0 Å². The summed E-state index contributed by atoms with van der Waals surface area (Å²) in [4.78, 5) is 4.01. The van der Waals surface area contributed by atoms with Crippen LogP contribution in [0.3, 0.4) is 0 Å². The summed E-state index contributed by atoms with van der Waals surface area (Å²) in [6, 6.07) is 1.78. The third-order valence-corrected chi connectivity index (χ3v) is 3.20. The van der Waals surface area contributed by atoms with Crippen LogP contribution in [-0.4, -0.2) is 16.2 Å². The van der Waals surface area contributed by atoms with Crippen LogP contribution in [0.5, 0.6) is 0 Å². The molecule has 3 nitrogen and oxygen atoms in total. The number of hydrogen-bond donors (Lipinski definition) is 2. The number of nitrogens with zero attached hydrogens (tertiary/aromatic N) is 1. The lowest BCUT2D eigenvalue weighted by atomic mass is 9.95. The molecule has 0 aliphatic heterocycles. The maximum Gasteiger partial charge on any atom is 0.0635 e. The third kappa shape index (κ3) is 1.73. The maximum atomic E-state index is 9.94. The van der Waals surface area contributed by atoms with Crippen LogP contribution >= 0.6 is 0 Å². The topological polar surface area (TPSA) is 59.1 Å². The van der Waals surface area contributed by atoms with Gasteiger partial charge in [0.05, 0.1) is 6.10 Å². The van der Waals surface area contributed by atoms with Crippen LogP contribution < -0.4 is 5.73 Å². The Morgan fingerprint density at radius 2 is 2.36 bits per heavy atom. The molecule has 0 aromatic carbocycles. The molecule has 1 aromatic heterocycles. The first kappa shape index (κ1) is 9.46. The summed E-state index contributed by atoms with van der Waals surface area (Å²) in [5, 5.41) is 9.94. The van der Waals surface area contributed by atoms with Gasteiger partial charge < -0.3 is 10.8 Å². The van der Waals surface area contributed by atoms with Crippen molar-refractivity contribution in [1.82, 2.24) is 4.98 Å². The summed E-state index contributed by atoms with van der Waals surface area (Å²) in [5.74, 6) is 0. The predicted molar refractivity (Wildman–Crippen MR) is 55.7 cm³/mol. The highest BCUT2D eigenvalue weighted by Gasteiger charge is 2.43. The van der Waals surface area contributed by atoms with Crippen LogP contribution in [0.1, 0.15) is 25.3 Å². The monoisotopic (exact) mass is 192 g/mol. The van der Waals surface area contributed by atoms with Crippen molar-refractivity contribution in [3.63, 3.8) is 0 Å². The molecule has 1 aromatic rings. The average Bonchev–Trinajstić information content (AvgIpc) is 2.89. The van der Waals surface area contributed by atoms with Gasteiger partial charge in [-0.2, -0.15) is 0 Å². The molecule has 0 amide bonds. The van der Waals surface area contributed by atoms with E-state index in [0.29, 0.717) is 6.42 Å². The quantitative estimate of drug-likeness (QED) is 0.760. The molecule has 2 rings (SSSR count). The Balaban J connectivity index is 2.07. The summed E-state index contributed by atoms with van der Waals surface area (Å²) >= 11 is 0. The minimum Gasteiger partial charge on any atom is -0.398 e. The number of nitrogen functional groups attached to an aromatic ring is 1. The Labute approximate surface area is 84.0 Å². The van der Waals surface area contributed by atoms with Crippen LogP contribution in [0.4, 0.5) is 5.69 Å². The van der Waals surface area contributed by atoms with Gasteiger partial charge in [0.2, 0.25) is 0 Å². The van der Waals surface area contributed by atoms with E-state index in [1.807, 2.05) is 0 Å². The summed E-state index contributed by atoms with van der Waals surface area (Å²) in [6.07, 6.45) is 5.99. The zero-order valence-electron chi connectivity index (χ0n) is 8.40. The van der Waals surface area contributed by atoms with Crippen LogP contribution in [0, 0.1) is 5.41 Å². The second kappa shape index (κ2) is 3.24.